The van der Waals surface area contributed by atoms with Gasteiger partial charge in [0.25, 0.3) is 5.56 Å². The van der Waals surface area contributed by atoms with Crippen LogP contribution in [0.1, 0.15) is 5.69 Å². The normalized spacial score (nSPS) is 14.8. The zero-order valence-electron chi connectivity index (χ0n) is 8.39. The average molecular weight is 319 g/mol. The van der Waals surface area contributed by atoms with Gasteiger partial charge in [-0.15, -0.1) is 0 Å². The standard InChI is InChI=1S/C7H3ClF8N2O/c8-7(15,16)6(13,14)5(11,12)4(9,10)2-1-3(19)18-17-2/h1H,(H2,17,18,19). The first-order valence-corrected chi connectivity index (χ1v) is 4.61. The van der Waals surface area contributed by atoms with Crippen molar-refractivity contribution in [1.29, 1.82) is 0 Å². The first kappa shape index (κ1) is 15.8. The lowest BCUT2D eigenvalue weighted by Crippen LogP contribution is -2.59. The van der Waals surface area contributed by atoms with Crippen molar-refractivity contribution >= 4 is 11.6 Å². The molecule has 1 aromatic heterocycles. The second kappa shape index (κ2) is 4.12. The molecule has 0 aliphatic carbocycles. The Hall–Kier alpha value is -1.26. The van der Waals surface area contributed by atoms with Gasteiger partial charge in [0.2, 0.25) is 0 Å². The maximum absolute atomic E-state index is 13.2. The molecule has 0 saturated carbocycles. The van der Waals surface area contributed by atoms with E-state index in [0.29, 0.717) is 0 Å². The van der Waals surface area contributed by atoms with E-state index in [9.17, 15) is 39.9 Å². The molecule has 0 radical (unpaired) electrons. The van der Waals surface area contributed by atoms with Gasteiger partial charge >= 0.3 is 23.1 Å². The zero-order chi connectivity index (χ0) is 15.3. The molecule has 3 nitrogen and oxygen atoms in total. The van der Waals surface area contributed by atoms with Crippen molar-refractivity contribution in [1.82, 2.24) is 10.2 Å². The van der Waals surface area contributed by atoms with Gasteiger partial charge in [-0.1, -0.05) is 0 Å². The van der Waals surface area contributed by atoms with Crippen molar-refractivity contribution in [2.75, 3.05) is 0 Å². The molecule has 0 fully saturated rings. The molecule has 1 rings (SSSR count). The van der Waals surface area contributed by atoms with Crippen molar-refractivity contribution in [2.24, 2.45) is 0 Å². The highest BCUT2D eigenvalue weighted by atomic mass is 35.5. The molecule has 1 heterocycles. The largest absolute Gasteiger partial charge is 0.393 e. The van der Waals surface area contributed by atoms with Gasteiger partial charge in [0.1, 0.15) is 5.69 Å². The van der Waals surface area contributed by atoms with Gasteiger partial charge in [-0.05, 0) is 11.6 Å². The van der Waals surface area contributed by atoms with Crippen LogP contribution in [0.2, 0.25) is 0 Å². The van der Waals surface area contributed by atoms with E-state index in [1.54, 1.807) is 0 Å². The number of halogens is 9. The molecular weight excluding hydrogens is 316 g/mol. The number of H-pyrrole nitrogens is 2. The first-order valence-electron chi connectivity index (χ1n) is 4.23. The molecule has 0 amide bonds. The number of alkyl halides is 9. The molecule has 12 heteroatoms. The number of rotatable bonds is 4. The topological polar surface area (TPSA) is 48.6 Å². The highest BCUT2D eigenvalue weighted by molar-refractivity contribution is 6.22. The second-order valence-corrected chi connectivity index (χ2v) is 3.87. The van der Waals surface area contributed by atoms with Crippen LogP contribution in [0, 0.1) is 0 Å². The summed E-state index contributed by atoms with van der Waals surface area (Å²) in [5.41, 5.74) is -3.32. The van der Waals surface area contributed by atoms with Crippen LogP contribution in [-0.4, -0.2) is 27.4 Å². The Labute approximate surface area is 103 Å². The van der Waals surface area contributed by atoms with Gasteiger partial charge < -0.3 is 0 Å². The van der Waals surface area contributed by atoms with Crippen LogP contribution in [0.25, 0.3) is 0 Å². The lowest BCUT2D eigenvalue weighted by molar-refractivity contribution is -0.353. The van der Waals surface area contributed by atoms with Crippen molar-refractivity contribution in [3.05, 3.63) is 22.1 Å². The SMILES string of the molecule is O=c1cc(C(F)(F)C(F)(F)C(F)(F)C(F)(F)Cl)[nH][nH]1. The smallest absolute Gasteiger partial charge is 0.296 e. The third kappa shape index (κ3) is 2.19. The van der Waals surface area contributed by atoms with Crippen molar-refractivity contribution in [3.8, 4) is 0 Å². The summed E-state index contributed by atoms with van der Waals surface area (Å²) in [6.45, 7) is 0. The minimum atomic E-state index is -6.56. The Morgan fingerprint density at radius 2 is 1.37 bits per heavy atom. The zero-order valence-corrected chi connectivity index (χ0v) is 9.14. The van der Waals surface area contributed by atoms with E-state index in [4.69, 9.17) is 0 Å². The molecule has 0 spiro atoms. The molecule has 0 aliphatic rings. The van der Waals surface area contributed by atoms with Gasteiger partial charge in [-0.3, -0.25) is 15.0 Å². The minimum absolute atomic E-state index is 0.170. The minimum Gasteiger partial charge on any atom is -0.296 e. The van der Waals surface area contributed by atoms with E-state index in [2.05, 4.69) is 11.6 Å². The highest BCUT2D eigenvalue weighted by Gasteiger charge is 2.81. The molecule has 0 saturated heterocycles. The molecule has 0 unspecified atom stereocenters. The third-order valence-corrected chi connectivity index (χ3v) is 2.32. The quantitative estimate of drug-likeness (QED) is 0.651. The lowest BCUT2D eigenvalue weighted by atomic mass is 10.0. The van der Waals surface area contributed by atoms with Crippen molar-refractivity contribution in [3.63, 3.8) is 0 Å². The van der Waals surface area contributed by atoms with Crippen LogP contribution in [0.5, 0.6) is 0 Å². The summed E-state index contributed by atoms with van der Waals surface area (Å²) >= 11 is 3.73. The molecule has 110 valence electrons. The Balaban J connectivity index is 3.37. The van der Waals surface area contributed by atoms with Gasteiger partial charge in [-0.25, -0.2) is 0 Å². The Morgan fingerprint density at radius 1 is 0.895 bits per heavy atom. The second-order valence-electron chi connectivity index (χ2n) is 3.39. The number of hydrogen-bond donors (Lipinski definition) is 2. The van der Waals surface area contributed by atoms with Gasteiger partial charge in [0, 0.05) is 6.07 Å². The summed E-state index contributed by atoms with van der Waals surface area (Å²) < 4.78 is 102. The Bertz CT molecular complexity index is 516. The van der Waals surface area contributed by atoms with Crippen LogP contribution < -0.4 is 5.56 Å². The average Bonchev–Trinajstić information content (AvgIpc) is 2.63. The van der Waals surface area contributed by atoms with E-state index in [0.717, 1.165) is 0 Å². The number of nitrogens with one attached hydrogen (secondary N) is 2. The predicted octanol–water partition coefficient (Wildman–Crippen LogP) is 2.90. The molecule has 2 N–H and O–H groups in total. The summed E-state index contributed by atoms with van der Waals surface area (Å²) in [7, 11) is 0. The van der Waals surface area contributed by atoms with E-state index < -0.39 is 34.4 Å². The van der Waals surface area contributed by atoms with E-state index >= 15 is 0 Å². The maximum Gasteiger partial charge on any atom is 0.393 e. The van der Waals surface area contributed by atoms with Crippen LogP contribution in [0.4, 0.5) is 35.1 Å². The highest BCUT2D eigenvalue weighted by Crippen LogP contribution is 2.56. The molecule has 0 atom stereocenters. The van der Waals surface area contributed by atoms with E-state index in [1.165, 1.54) is 10.2 Å². The number of aromatic nitrogens is 2. The van der Waals surface area contributed by atoms with Gasteiger partial charge in [0.05, 0.1) is 0 Å². The molecule has 0 bridgehead atoms. The number of hydrogen-bond acceptors (Lipinski definition) is 1. The number of aromatic amines is 2. The molecule has 19 heavy (non-hydrogen) atoms. The summed E-state index contributed by atoms with van der Waals surface area (Å²) in [6.07, 6.45) is 0. The Morgan fingerprint density at radius 3 is 1.68 bits per heavy atom. The molecule has 0 aromatic carbocycles. The van der Waals surface area contributed by atoms with Crippen LogP contribution in [0.15, 0.2) is 10.9 Å². The van der Waals surface area contributed by atoms with E-state index in [1.807, 2.05) is 0 Å². The predicted molar refractivity (Wildman–Crippen MR) is 46.0 cm³/mol. The van der Waals surface area contributed by atoms with E-state index in [-0.39, 0.29) is 6.07 Å². The fourth-order valence-corrected chi connectivity index (χ4v) is 1.16. The van der Waals surface area contributed by atoms with Crippen molar-refractivity contribution in [2.45, 2.75) is 23.1 Å². The van der Waals surface area contributed by atoms with Crippen LogP contribution in [0.3, 0.4) is 0 Å². The monoisotopic (exact) mass is 318 g/mol. The van der Waals surface area contributed by atoms with Crippen LogP contribution >= 0.6 is 11.6 Å². The fourth-order valence-electron chi connectivity index (χ4n) is 1.05. The fraction of sp³-hybridized carbons (Fsp3) is 0.571. The summed E-state index contributed by atoms with van der Waals surface area (Å²) in [4.78, 5) is 10.5. The lowest BCUT2D eigenvalue weighted by Gasteiger charge is -2.33. The van der Waals surface area contributed by atoms with Crippen molar-refractivity contribution < 1.29 is 35.1 Å². The van der Waals surface area contributed by atoms with Crippen LogP contribution in [-0.2, 0) is 5.92 Å². The summed E-state index contributed by atoms with van der Waals surface area (Å²) in [6, 6.07) is -0.170. The Kier molecular flexibility index (Phi) is 3.42. The summed E-state index contributed by atoms with van der Waals surface area (Å²) in [5.74, 6) is -18.9. The summed E-state index contributed by atoms with van der Waals surface area (Å²) in [5, 5.41) is -3.36. The molecule has 1 aromatic rings. The van der Waals surface area contributed by atoms with Gasteiger partial charge in [0.15, 0.2) is 0 Å². The first-order chi connectivity index (χ1) is 8.25. The maximum atomic E-state index is 13.2. The molecular formula is C7H3ClF8N2O. The molecule has 0 aliphatic heterocycles. The van der Waals surface area contributed by atoms with Gasteiger partial charge in [-0.2, -0.15) is 35.1 Å². The third-order valence-electron chi connectivity index (χ3n) is 2.08.